The van der Waals surface area contributed by atoms with Crippen molar-refractivity contribution in [3.05, 3.63) is 28.2 Å². The van der Waals surface area contributed by atoms with Crippen LogP contribution in [0.15, 0.2) is 27.6 Å². The predicted molar refractivity (Wildman–Crippen MR) is 60.6 cm³/mol. The average Bonchev–Trinajstić information content (AvgIpc) is 2.16. The quantitative estimate of drug-likeness (QED) is 0.830. The first-order valence-corrected chi connectivity index (χ1v) is 5.68. The van der Waals surface area contributed by atoms with Crippen LogP contribution in [0.4, 0.5) is 0 Å². The van der Waals surface area contributed by atoms with E-state index in [2.05, 4.69) is 20.7 Å². The molecule has 0 aliphatic carbocycles. The fourth-order valence-corrected chi connectivity index (χ4v) is 2.01. The number of carbonyl (C=O) groups is 1. The third-order valence-corrected chi connectivity index (χ3v) is 3.45. The Kier molecular flexibility index (Phi) is 4.44. The molecule has 0 bridgehead atoms. The zero-order valence-electron chi connectivity index (χ0n) is 7.58. The molecule has 0 aromatic heterocycles. The monoisotopic (exact) mass is 275 g/mol. The summed E-state index contributed by atoms with van der Waals surface area (Å²) in [4.78, 5) is 11.6. The molecular weight excluding hydrogens is 266 g/mol. The van der Waals surface area contributed by atoms with Crippen molar-refractivity contribution in [2.45, 2.75) is 11.8 Å². The van der Waals surface area contributed by atoms with Gasteiger partial charge in [-0.1, -0.05) is 6.92 Å². The van der Waals surface area contributed by atoms with Gasteiger partial charge in [0.2, 0.25) is 0 Å². The topological polar surface area (TPSA) is 49.3 Å². The number of benzene rings is 1. The van der Waals surface area contributed by atoms with Crippen molar-refractivity contribution in [3.8, 4) is 0 Å². The Bertz CT molecular complexity index is 344. The Morgan fingerprint density at radius 1 is 1.64 bits per heavy atom. The van der Waals surface area contributed by atoms with Gasteiger partial charge in [0.05, 0.1) is 5.56 Å². The Hall–Kier alpha value is -0.520. The van der Waals surface area contributed by atoms with Crippen LogP contribution in [-0.4, -0.2) is 17.6 Å². The molecule has 1 aromatic rings. The first kappa shape index (κ1) is 11.6. The molecule has 0 aliphatic heterocycles. The number of carboxylic acid groups (broad SMARTS) is 1. The van der Waals surface area contributed by atoms with Crippen LogP contribution in [0.1, 0.15) is 17.3 Å². The summed E-state index contributed by atoms with van der Waals surface area (Å²) in [7, 11) is 0. The maximum Gasteiger partial charge on any atom is 0.335 e. The zero-order chi connectivity index (χ0) is 10.6. The standard InChI is InChI=1S/C9H10BrNO2S/c1-2-11-14-8-5-6(9(12)13)3-4-7(8)10/h3-5,11H,2H2,1H3,(H,12,13). The highest BCUT2D eigenvalue weighted by atomic mass is 79.9. The van der Waals surface area contributed by atoms with Gasteiger partial charge in [0.25, 0.3) is 0 Å². The molecule has 0 unspecified atom stereocenters. The molecule has 5 heteroatoms. The molecule has 0 aliphatic rings. The number of aromatic carboxylic acids is 1. The maximum absolute atomic E-state index is 10.7. The summed E-state index contributed by atoms with van der Waals surface area (Å²) in [6, 6.07) is 4.95. The van der Waals surface area contributed by atoms with Crippen LogP contribution < -0.4 is 4.72 Å². The molecule has 0 atom stereocenters. The van der Waals surface area contributed by atoms with E-state index in [-0.39, 0.29) is 0 Å². The Balaban J connectivity index is 2.90. The molecule has 76 valence electrons. The minimum atomic E-state index is -0.907. The number of hydrogen-bond donors (Lipinski definition) is 2. The van der Waals surface area contributed by atoms with Gasteiger partial charge in [-0.25, -0.2) is 4.79 Å². The van der Waals surface area contributed by atoms with Gasteiger partial charge in [-0.05, 0) is 46.1 Å². The van der Waals surface area contributed by atoms with Crippen molar-refractivity contribution < 1.29 is 9.90 Å². The molecule has 0 spiro atoms. The lowest BCUT2D eigenvalue weighted by molar-refractivity contribution is 0.0696. The van der Waals surface area contributed by atoms with Crippen LogP contribution in [0.5, 0.6) is 0 Å². The van der Waals surface area contributed by atoms with Gasteiger partial charge in [-0.15, -0.1) is 0 Å². The van der Waals surface area contributed by atoms with Crippen LogP contribution in [0.25, 0.3) is 0 Å². The van der Waals surface area contributed by atoms with E-state index in [1.165, 1.54) is 11.9 Å². The molecular formula is C9H10BrNO2S. The second-order valence-corrected chi connectivity index (χ2v) is 4.34. The van der Waals surface area contributed by atoms with Crippen molar-refractivity contribution in [2.24, 2.45) is 0 Å². The molecule has 14 heavy (non-hydrogen) atoms. The van der Waals surface area contributed by atoms with E-state index < -0.39 is 5.97 Å². The van der Waals surface area contributed by atoms with Crippen molar-refractivity contribution >= 4 is 33.8 Å². The first-order valence-electron chi connectivity index (χ1n) is 4.07. The number of nitrogens with one attached hydrogen (secondary N) is 1. The molecule has 3 nitrogen and oxygen atoms in total. The molecule has 0 radical (unpaired) electrons. The highest BCUT2D eigenvalue weighted by Gasteiger charge is 2.06. The van der Waals surface area contributed by atoms with Crippen molar-refractivity contribution in [1.29, 1.82) is 0 Å². The Labute approximate surface area is 95.2 Å². The number of hydrogen-bond acceptors (Lipinski definition) is 3. The summed E-state index contributed by atoms with van der Waals surface area (Å²) in [6.07, 6.45) is 0. The van der Waals surface area contributed by atoms with E-state index in [4.69, 9.17) is 5.11 Å². The lowest BCUT2D eigenvalue weighted by atomic mass is 10.2. The van der Waals surface area contributed by atoms with Crippen LogP contribution in [-0.2, 0) is 0 Å². The lowest BCUT2D eigenvalue weighted by Gasteiger charge is -2.04. The van der Waals surface area contributed by atoms with Gasteiger partial charge in [0.15, 0.2) is 0 Å². The summed E-state index contributed by atoms with van der Waals surface area (Å²) in [5.74, 6) is -0.907. The predicted octanol–water partition coefficient (Wildman–Crippen LogP) is 2.76. The fraction of sp³-hybridized carbons (Fsp3) is 0.222. The Morgan fingerprint density at radius 3 is 2.93 bits per heavy atom. The number of halogens is 1. The molecule has 0 saturated heterocycles. The highest BCUT2D eigenvalue weighted by Crippen LogP contribution is 2.26. The van der Waals surface area contributed by atoms with Gasteiger partial charge < -0.3 is 5.11 Å². The van der Waals surface area contributed by atoms with E-state index >= 15 is 0 Å². The average molecular weight is 276 g/mol. The number of carboxylic acids is 1. The van der Waals surface area contributed by atoms with Gasteiger partial charge in [0, 0.05) is 15.9 Å². The van der Waals surface area contributed by atoms with E-state index in [1.54, 1.807) is 18.2 Å². The van der Waals surface area contributed by atoms with Crippen molar-refractivity contribution in [1.82, 2.24) is 4.72 Å². The molecule has 0 fully saturated rings. The van der Waals surface area contributed by atoms with Crippen LogP contribution >= 0.6 is 27.9 Å². The second-order valence-electron chi connectivity index (χ2n) is 2.55. The van der Waals surface area contributed by atoms with E-state index in [9.17, 15) is 4.79 Å². The van der Waals surface area contributed by atoms with Crippen molar-refractivity contribution in [2.75, 3.05) is 6.54 Å². The molecule has 1 aromatic carbocycles. The largest absolute Gasteiger partial charge is 0.478 e. The third-order valence-electron chi connectivity index (χ3n) is 1.50. The summed E-state index contributed by atoms with van der Waals surface area (Å²) in [5.41, 5.74) is 0.300. The Morgan fingerprint density at radius 2 is 2.36 bits per heavy atom. The van der Waals surface area contributed by atoms with Gasteiger partial charge >= 0.3 is 5.97 Å². The summed E-state index contributed by atoms with van der Waals surface area (Å²) >= 11 is 4.77. The van der Waals surface area contributed by atoms with Gasteiger partial charge in [-0.2, -0.15) is 0 Å². The summed E-state index contributed by atoms with van der Waals surface area (Å²) < 4.78 is 3.96. The highest BCUT2D eigenvalue weighted by molar-refractivity contribution is 9.10. The fourth-order valence-electron chi connectivity index (χ4n) is 0.865. The van der Waals surface area contributed by atoms with E-state index in [0.717, 1.165) is 15.9 Å². The SMILES string of the molecule is CCNSc1cc(C(=O)O)ccc1Br. The molecule has 0 amide bonds. The van der Waals surface area contributed by atoms with E-state index in [0.29, 0.717) is 5.56 Å². The minimum Gasteiger partial charge on any atom is -0.478 e. The smallest absolute Gasteiger partial charge is 0.335 e. The maximum atomic E-state index is 10.7. The third kappa shape index (κ3) is 3.01. The lowest BCUT2D eigenvalue weighted by Crippen LogP contribution is -2.02. The molecule has 0 heterocycles. The van der Waals surface area contributed by atoms with Gasteiger partial charge in [0.1, 0.15) is 0 Å². The van der Waals surface area contributed by atoms with Crippen LogP contribution in [0.2, 0.25) is 0 Å². The summed E-state index contributed by atoms with van der Waals surface area (Å²) in [6.45, 7) is 2.82. The van der Waals surface area contributed by atoms with E-state index in [1.807, 2.05) is 6.92 Å². The van der Waals surface area contributed by atoms with Crippen molar-refractivity contribution in [3.63, 3.8) is 0 Å². The second kappa shape index (κ2) is 5.38. The molecule has 2 N–H and O–H groups in total. The summed E-state index contributed by atoms with van der Waals surface area (Å²) in [5, 5.41) is 8.78. The normalized spacial score (nSPS) is 10.1. The molecule has 1 rings (SSSR count). The minimum absolute atomic E-state index is 0.300. The van der Waals surface area contributed by atoms with Crippen LogP contribution in [0, 0.1) is 0 Å². The number of rotatable bonds is 4. The molecule has 0 saturated carbocycles. The van der Waals surface area contributed by atoms with Crippen LogP contribution in [0.3, 0.4) is 0 Å². The zero-order valence-corrected chi connectivity index (χ0v) is 9.98. The first-order chi connectivity index (χ1) is 6.65. The van der Waals surface area contributed by atoms with Gasteiger partial charge in [-0.3, -0.25) is 4.72 Å².